The van der Waals surface area contributed by atoms with E-state index in [1.807, 2.05) is 60.7 Å². The molecule has 7 nitrogen and oxygen atoms in total. The highest BCUT2D eigenvalue weighted by molar-refractivity contribution is 5.90. The summed E-state index contributed by atoms with van der Waals surface area (Å²) in [6.07, 6.45) is 0.777. The van der Waals surface area contributed by atoms with Gasteiger partial charge in [0.25, 0.3) is 0 Å². The Morgan fingerprint density at radius 1 is 1.03 bits per heavy atom. The number of alkyl carbamates (subject to hydrolysis) is 1. The summed E-state index contributed by atoms with van der Waals surface area (Å²) in [5.41, 5.74) is 1.72. The molecule has 1 aliphatic heterocycles. The van der Waals surface area contributed by atoms with E-state index in [0.29, 0.717) is 19.4 Å². The molecule has 2 N–H and O–H groups in total. The van der Waals surface area contributed by atoms with Crippen molar-refractivity contribution >= 4 is 18.0 Å². The first kappa shape index (κ1) is 20.4. The molecule has 0 aliphatic carbocycles. The highest BCUT2D eigenvalue weighted by atomic mass is 16.5. The molecule has 1 heterocycles. The van der Waals surface area contributed by atoms with E-state index in [-0.39, 0.29) is 13.0 Å². The molecule has 2 atom stereocenters. The van der Waals surface area contributed by atoms with E-state index < -0.39 is 30.1 Å². The molecule has 2 aromatic carbocycles. The molecule has 2 amide bonds. The van der Waals surface area contributed by atoms with Crippen LogP contribution in [0.2, 0.25) is 0 Å². The van der Waals surface area contributed by atoms with Crippen LogP contribution in [0.1, 0.15) is 24.0 Å². The molecule has 29 heavy (non-hydrogen) atoms. The number of cyclic esters (lactones) is 1. The van der Waals surface area contributed by atoms with Crippen molar-refractivity contribution in [3.05, 3.63) is 71.8 Å². The molecule has 7 heteroatoms. The smallest absolute Gasteiger partial charge is 0.408 e. The van der Waals surface area contributed by atoms with Gasteiger partial charge in [0.2, 0.25) is 5.91 Å². The Morgan fingerprint density at radius 3 is 2.34 bits per heavy atom. The van der Waals surface area contributed by atoms with Crippen molar-refractivity contribution in [2.75, 3.05) is 6.61 Å². The van der Waals surface area contributed by atoms with Gasteiger partial charge in [-0.25, -0.2) is 9.59 Å². The van der Waals surface area contributed by atoms with Crippen LogP contribution in [0.4, 0.5) is 4.79 Å². The molecule has 0 spiro atoms. The summed E-state index contributed by atoms with van der Waals surface area (Å²) < 4.78 is 10.2. The quantitative estimate of drug-likeness (QED) is 0.701. The maximum absolute atomic E-state index is 12.8. The fourth-order valence-corrected chi connectivity index (χ4v) is 3.05. The Labute approximate surface area is 169 Å². The minimum atomic E-state index is -0.879. The summed E-state index contributed by atoms with van der Waals surface area (Å²) in [4.78, 5) is 36.9. The lowest BCUT2D eigenvalue weighted by Gasteiger charge is -2.25. The van der Waals surface area contributed by atoms with Gasteiger partial charge >= 0.3 is 12.1 Å². The fraction of sp³-hybridized carbons (Fsp3) is 0.318. The lowest BCUT2D eigenvalue weighted by atomic mass is 10.0. The molecular formula is C22H24N2O5. The van der Waals surface area contributed by atoms with Crippen molar-refractivity contribution in [2.24, 2.45) is 0 Å². The Kier molecular flexibility index (Phi) is 7.22. The number of rotatable bonds is 7. The van der Waals surface area contributed by atoms with E-state index in [1.54, 1.807) is 0 Å². The van der Waals surface area contributed by atoms with Crippen LogP contribution >= 0.6 is 0 Å². The molecule has 2 aromatic rings. The van der Waals surface area contributed by atoms with E-state index >= 15 is 0 Å². The number of nitrogens with one attached hydrogen (secondary N) is 2. The van der Waals surface area contributed by atoms with E-state index in [4.69, 9.17) is 9.47 Å². The number of esters is 1. The zero-order valence-electron chi connectivity index (χ0n) is 16.0. The topological polar surface area (TPSA) is 93.7 Å². The summed E-state index contributed by atoms with van der Waals surface area (Å²) in [5.74, 6) is -0.899. The molecule has 0 bridgehead atoms. The van der Waals surface area contributed by atoms with Gasteiger partial charge in [-0.1, -0.05) is 60.7 Å². The Morgan fingerprint density at radius 2 is 1.69 bits per heavy atom. The van der Waals surface area contributed by atoms with Gasteiger partial charge in [0.05, 0.1) is 6.61 Å². The van der Waals surface area contributed by atoms with Crippen molar-refractivity contribution < 1.29 is 23.9 Å². The van der Waals surface area contributed by atoms with E-state index in [9.17, 15) is 14.4 Å². The summed E-state index contributed by atoms with van der Waals surface area (Å²) >= 11 is 0. The second-order valence-corrected chi connectivity index (χ2v) is 6.82. The molecule has 0 radical (unpaired) electrons. The fourth-order valence-electron chi connectivity index (χ4n) is 3.05. The second kappa shape index (κ2) is 10.3. The summed E-state index contributed by atoms with van der Waals surface area (Å²) in [6.45, 7) is 0.462. The minimum absolute atomic E-state index is 0.0985. The van der Waals surface area contributed by atoms with Gasteiger partial charge in [0.1, 0.15) is 18.7 Å². The molecule has 152 valence electrons. The number of carbonyl (C=O) groups is 3. The first-order chi connectivity index (χ1) is 14.1. The van der Waals surface area contributed by atoms with Crippen LogP contribution in [-0.4, -0.2) is 36.7 Å². The van der Waals surface area contributed by atoms with Crippen LogP contribution in [0, 0.1) is 0 Å². The van der Waals surface area contributed by atoms with Crippen LogP contribution in [0.15, 0.2) is 60.7 Å². The van der Waals surface area contributed by atoms with Gasteiger partial charge < -0.3 is 20.1 Å². The molecule has 0 unspecified atom stereocenters. The van der Waals surface area contributed by atoms with Gasteiger partial charge in [-0.05, 0) is 24.0 Å². The summed E-state index contributed by atoms with van der Waals surface area (Å²) in [7, 11) is 0. The molecule has 1 saturated heterocycles. The number of hydrogen-bond donors (Lipinski definition) is 2. The van der Waals surface area contributed by atoms with Crippen LogP contribution in [0.3, 0.4) is 0 Å². The average molecular weight is 396 g/mol. The molecule has 1 aliphatic rings. The van der Waals surface area contributed by atoms with E-state index in [2.05, 4.69) is 10.6 Å². The first-order valence-electron chi connectivity index (χ1n) is 9.60. The van der Waals surface area contributed by atoms with Crippen molar-refractivity contribution in [2.45, 2.75) is 38.0 Å². The zero-order chi connectivity index (χ0) is 20.5. The number of carbonyl (C=O) groups excluding carboxylic acids is 3. The van der Waals surface area contributed by atoms with Crippen molar-refractivity contribution in [1.29, 1.82) is 0 Å². The maximum atomic E-state index is 12.8. The van der Waals surface area contributed by atoms with Crippen molar-refractivity contribution in [3.63, 3.8) is 0 Å². The lowest BCUT2D eigenvalue weighted by molar-refractivity contribution is -0.151. The van der Waals surface area contributed by atoms with Crippen LogP contribution < -0.4 is 10.6 Å². The third-order valence-electron chi connectivity index (χ3n) is 4.59. The van der Waals surface area contributed by atoms with Gasteiger partial charge in [-0.15, -0.1) is 0 Å². The molecule has 3 rings (SSSR count). The highest BCUT2D eigenvalue weighted by Gasteiger charge is 2.29. The lowest BCUT2D eigenvalue weighted by Crippen LogP contribution is -2.53. The number of amides is 2. The van der Waals surface area contributed by atoms with Gasteiger partial charge in [-0.2, -0.15) is 0 Å². The second-order valence-electron chi connectivity index (χ2n) is 6.82. The third-order valence-corrected chi connectivity index (χ3v) is 4.59. The van der Waals surface area contributed by atoms with E-state index in [1.165, 1.54) is 0 Å². The Hall–Kier alpha value is -3.35. The van der Waals surface area contributed by atoms with Crippen molar-refractivity contribution in [1.82, 2.24) is 10.6 Å². The normalized spacial score (nSPS) is 17.0. The van der Waals surface area contributed by atoms with Crippen LogP contribution in [0.25, 0.3) is 0 Å². The van der Waals surface area contributed by atoms with Gasteiger partial charge in [0.15, 0.2) is 0 Å². The van der Waals surface area contributed by atoms with Gasteiger partial charge in [-0.3, -0.25) is 4.79 Å². The molecule has 0 saturated carbocycles. The minimum Gasteiger partial charge on any atom is -0.464 e. The Bertz CT molecular complexity index is 826. The van der Waals surface area contributed by atoms with Crippen LogP contribution in [0.5, 0.6) is 0 Å². The maximum Gasteiger partial charge on any atom is 0.408 e. The average Bonchev–Trinajstić information content (AvgIpc) is 2.75. The summed E-state index contributed by atoms with van der Waals surface area (Å²) in [6, 6.07) is 17.0. The number of ether oxygens (including phenoxy) is 2. The predicted octanol–water partition coefficient (Wildman–Crippen LogP) is 2.35. The van der Waals surface area contributed by atoms with Crippen molar-refractivity contribution in [3.8, 4) is 0 Å². The molecule has 0 aromatic heterocycles. The number of hydrogen-bond acceptors (Lipinski definition) is 5. The zero-order valence-corrected chi connectivity index (χ0v) is 16.0. The molecule has 1 fully saturated rings. The first-order valence-corrected chi connectivity index (χ1v) is 9.60. The summed E-state index contributed by atoms with van der Waals surface area (Å²) in [5, 5.41) is 5.30. The molecular weight excluding hydrogens is 372 g/mol. The standard InChI is InChI=1S/C22H24N2O5/c25-20(23-18-12-7-13-28-21(18)26)19(14-16-8-3-1-4-9-16)24-22(27)29-15-17-10-5-2-6-11-17/h1-6,8-11,18-19H,7,12-15H2,(H,23,25)(H,24,27)/t18-,19-/m0/s1. The van der Waals surface area contributed by atoms with Crippen LogP contribution in [-0.2, 0) is 32.1 Å². The monoisotopic (exact) mass is 396 g/mol. The Balaban J connectivity index is 1.62. The third kappa shape index (κ3) is 6.34. The van der Waals surface area contributed by atoms with E-state index in [0.717, 1.165) is 11.1 Å². The predicted molar refractivity (Wildman–Crippen MR) is 106 cm³/mol. The number of benzene rings is 2. The van der Waals surface area contributed by atoms with Gasteiger partial charge in [0, 0.05) is 6.42 Å². The largest absolute Gasteiger partial charge is 0.464 e. The highest BCUT2D eigenvalue weighted by Crippen LogP contribution is 2.10. The SMILES string of the molecule is O=C(N[C@@H](Cc1ccccc1)C(=O)N[C@H]1CCCOC1=O)OCc1ccccc1.